The van der Waals surface area contributed by atoms with Gasteiger partial charge in [0.2, 0.25) is 0 Å². The molecule has 3 aromatic rings. The second-order valence-electron chi connectivity index (χ2n) is 8.27. The summed E-state index contributed by atoms with van der Waals surface area (Å²) >= 11 is 0. The molecular weight excluding hydrogens is 350 g/mol. The number of rotatable bonds is 5. The van der Waals surface area contributed by atoms with Gasteiger partial charge in [0.15, 0.2) is 0 Å². The number of benzene rings is 3. The Hall–Kier alpha value is -2.22. The summed E-state index contributed by atoms with van der Waals surface area (Å²) in [6.07, 6.45) is 7.75. The third kappa shape index (κ3) is 4.11. The van der Waals surface area contributed by atoms with Gasteiger partial charge in [-0.2, -0.15) is 0 Å². The molecular formula is C26H28F2. The van der Waals surface area contributed by atoms with Crippen LogP contribution in [0, 0.1) is 17.6 Å². The standard InChI is InChI=1S/C26H28F2/c1-2-18-3-8-20(9-4-18)22-13-16-25-23(17-22)12-11-21(26(25)28)10-5-19-6-14-24(27)15-7-19/h6-7,11-18,20H,2-5,8-10H2,1H3. The quantitative estimate of drug-likeness (QED) is 0.429. The van der Waals surface area contributed by atoms with Crippen LogP contribution < -0.4 is 0 Å². The first kappa shape index (κ1) is 19.1. The molecule has 0 N–H and O–H groups in total. The second-order valence-corrected chi connectivity index (χ2v) is 8.27. The number of halogens is 2. The Kier molecular flexibility index (Phi) is 5.75. The van der Waals surface area contributed by atoms with E-state index < -0.39 is 0 Å². The highest BCUT2D eigenvalue weighted by Gasteiger charge is 2.21. The summed E-state index contributed by atoms with van der Waals surface area (Å²) in [6, 6.07) is 16.7. The fourth-order valence-electron chi connectivity index (χ4n) is 4.64. The Morgan fingerprint density at radius 2 is 1.57 bits per heavy atom. The first-order valence-electron chi connectivity index (χ1n) is 10.6. The second kappa shape index (κ2) is 8.43. The summed E-state index contributed by atoms with van der Waals surface area (Å²) in [4.78, 5) is 0. The molecule has 0 amide bonds. The minimum atomic E-state index is -0.236. The van der Waals surface area contributed by atoms with Gasteiger partial charge < -0.3 is 0 Å². The van der Waals surface area contributed by atoms with Gasteiger partial charge in [-0.25, -0.2) is 8.78 Å². The minimum Gasteiger partial charge on any atom is -0.207 e. The zero-order valence-electron chi connectivity index (χ0n) is 16.6. The summed E-state index contributed by atoms with van der Waals surface area (Å²) in [7, 11) is 0. The Morgan fingerprint density at radius 3 is 2.29 bits per heavy atom. The van der Waals surface area contributed by atoms with Gasteiger partial charge in [-0.3, -0.25) is 0 Å². The van der Waals surface area contributed by atoms with Crippen LogP contribution >= 0.6 is 0 Å². The molecule has 1 fully saturated rings. The molecule has 4 rings (SSSR count). The van der Waals surface area contributed by atoms with Gasteiger partial charge in [0.25, 0.3) is 0 Å². The van der Waals surface area contributed by atoms with Gasteiger partial charge in [-0.1, -0.05) is 55.8 Å². The highest BCUT2D eigenvalue weighted by atomic mass is 19.1. The van der Waals surface area contributed by atoms with Crippen molar-refractivity contribution in [1.82, 2.24) is 0 Å². The largest absolute Gasteiger partial charge is 0.207 e. The third-order valence-electron chi connectivity index (χ3n) is 6.55. The summed E-state index contributed by atoms with van der Waals surface area (Å²) in [5.74, 6) is 1.16. The molecule has 0 spiro atoms. The smallest absolute Gasteiger partial charge is 0.134 e. The van der Waals surface area contributed by atoms with Crippen LogP contribution in [0.2, 0.25) is 0 Å². The molecule has 146 valence electrons. The number of fused-ring (bicyclic) bond motifs is 1. The maximum Gasteiger partial charge on any atom is 0.134 e. The predicted molar refractivity (Wildman–Crippen MR) is 113 cm³/mol. The van der Waals surface area contributed by atoms with E-state index in [0.29, 0.717) is 24.1 Å². The maximum atomic E-state index is 15.0. The zero-order valence-corrected chi connectivity index (χ0v) is 16.6. The van der Waals surface area contributed by atoms with Gasteiger partial charge >= 0.3 is 0 Å². The summed E-state index contributed by atoms with van der Waals surface area (Å²) in [5, 5.41) is 1.71. The average molecular weight is 379 g/mol. The van der Waals surface area contributed by atoms with Crippen LogP contribution in [0.1, 0.15) is 61.6 Å². The molecule has 28 heavy (non-hydrogen) atoms. The fraction of sp³-hybridized carbons (Fsp3) is 0.385. The van der Waals surface area contributed by atoms with Gasteiger partial charge in [0.1, 0.15) is 11.6 Å². The van der Waals surface area contributed by atoms with Crippen LogP contribution in [0.4, 0.5) is 8.78 Å². The van der Waals surface area contributed by atoms with Crippen LogP contribution in [-0.2, 0) is 12.8 Å². The van der Waals surface area contributed by atoms with Gasteiger partial charge in [-0.05, 0) is 84.6 Å². The van der Waals surface area contributed by atoms with E-state index in [2.05, 4.69) is 25.1 Å². The lowest BCUT2D eigenvalue weighted by Crippen LogP contribution is -2.12. The van der Waals surface area contributed by atoms with Crippen LogP contribution in [0.3, 0.4) is 0 Å². The molecule has 2 heteroatoms. The Bertz CT molecular complexity index is 935. The van der Waals surface area contributed by atoms with Gasteiger partial charge in [-0.15, -0.1) is 0 Å². The summed E-state index contributed by atoms with van der Waals surface area (Å²) < 4.78 is 28.1. The van der Waals surface area contributed by atoms with Crippen LogP contribution in [0.5, 0.6) is 0 Å². The van der Waals surface area contributed by atoms with E-state index in [1.807, 2.05) is 12.1 Å². The maximum absolute atomic E-state index is 15.0. The Balaban J connectivity index is 1.50. The molecule has 0 saturated heterocycles. The van der Waals surface area contributed by atoms with Crippen molar-refractivity contribution in [2.45, 2.75) is 57.8 Å². The molecule has 0 bridgehead atoms. The van der Waals surface area contributed by atoms with E-state index >= 15 is 4.39 Å². The molecule has 0 aromatic heterocycles. The molecule has 1 aliphatic carbocycles. The minimum absolute atomic E-state index is 0.110. The first-order chi connectivity index (χ1) is 13.6. The van der Waals surface area contributed by atoms with Crippen molar-refractivity contribution in [3.63, 3.8) is 0 Å². The third-order valence-corrected chi connectivity index (χ3v) is 6.55. The van der Waals surface area contributed by atoms with Crippen molar-refractivity contribution in [2.75, 3.05) is 0 Å². The topological polar surface area (TPSA) is 0 Å². The number of aryl methyl sites for hydroxylation is 2. The highest BCUT2D eigenvalue weighted by molar-refractivity contribution is 5.84. The molecule has 0 atom stereocenters. The normalized spacial score (nSPS) is 19.8. The van der Waals surface area contributed by atoms with Gasteiger partial charge in [0.05, 0.1) is 0 Å². The molecule has 0 aliphatic heterocycles. The van der Waals surface area contributed by atoms with Gasteiger partial charge in [0, 0.05) is 5.39 Å². The molecule has 1 aliphatic rings. The number of hydrogen-bond acceptors (Lipinski definition) is 0. The lowest BCUT2D eigenvalue weighted by molar-refractivity contribution is 0.319. The fourth-order valence-corrected chi connectivity index (χ4v) is 4.64. The molecule has 0 radical (unpaired) electrons. The van der Waals surface area contributed by atoms with E-state index in [1.165, 1.54) is 49.8 Å². The molecule has 0 heterocycles. The van der Waals surface area contributed by atoms with Crippen molar-refractivity contribution in [3.05, 3.63) is 82.9 Å². The van der Waals surface area contributed by atoms with E-state index in [4.69, 9.17) is 0 Å². The Labute approximate surface area is 166 Å². The molecule has 0 unspecified atom stereocenters. The van der Waals surface area contributed by atoms with Crippen molar-refractivity contribution in [2.24, 2.45) is 5.92 Å². The monoisotopic (exact) mass is 378 g/mol. The van der Waals surface area contributed by atoms with Crippen molar-refractivity contribution in [3.8, 4) is 0 Å². The molecule has 3 aromatic carbocycles. The summed E-state index contributed by atoms with van der Waals surface area (Å²) in [5.41, 5.74) is 3.12. The highest BCUT2D eigenvalue weighted by Crippen LogP contribution is 2.38. The average Bonchev–Trinajstić information content (AvgIpc) is 2.74. The first-order valence-corrected chi connectivity index (χ1v) is 10.6. The molecule has 0 nitrogen and oxygen atoms in total. The van der Waals surface area contributed by atoms with Crippen molar-refractivity contribution < 1.29 is 8.78 Å². The van der Waals surface area contributed by atoms with Crippen LogP contribution in [0.15, 0.2) is 54.6 Å². The van der Waals surface area contributed by atoms with E-state index in [9.17, 15) is 4.39 Å². The van der Waals surface area contributed by atoms with Crippen molar-refractivity contribution >= 4 is 10.8 Å². The lowest BCUT2D eigenvalue weighted by Gasteiger charge is -2.28. The van der Waals surface area contributed by atoms with E-state index in [0.717, 1.165) is 22.4 Å². The SMILES string of the molecule is CCC1CCC(c2ccc3c(F)c(CCc4ccc(F)cc4)ccc3c2)CC1. The predicted octanol–water partition coefficient (Wildman–Crippen LogP) is 7.59. The van der Waals surface area contributed by atoms with E-state index in [1.54, 1.807) is 12.1 Å². The van der Waals surface area contributed by atoms with Crippen LogP contribution in [-0.4, -0.2) is 0 Å². The van der Waals surface area contributed by atoms with E-state index in [-0.39, 0.29) is 11.6 Å². The zero-order chi connectivity index (χ0) is 19.5. The summed E-state index contributed by atoms with van der Waals surface area (Å²) in [6.45, 7) is 2.29. The Morgan fingerprint density at radius 1 is 0.821 bits per heavy atom. The number of hydrogen-bond donors (Lipinski definition) is 0. The molecule has 1 saturated carbocycles. The van der Waals surface area contributed by atoms with Crippen LogP contribution in [0.25, 0.3) is 10.8 Å². The lowest BCUT2D eigenvalue weighted by atomic mass is 9.77. The van der Waals surface area contributed by atoms with Crippen molar-refractivity contribution in [1.29, 1.82) is 0 Å².